The minimum absolute atomic E-state index is 0.0959. The van der Waals surface area contributed by atoms with Crippen molar-refractivity contribution in [1.82, 2.24) is 20.4 Å². The van der Waals surface area contributed by atoms with Gasteiger partial charge in [0.15, 0.2) is 17.5 Å². The maximum Gasteiger partial charge on any atom is 0.253 e. The molecule has 0 aliphatic carbocycles. The molecule has 1 aliphatic rings. The molecule has 9 heteroatoms. The highest BCUT2D eigenvalue weighted by atomic mass is 19.2. The zero-order chi connectivity index (χ0) is 18.7. The summed E-state index contributed by atoms with van der Waals surface area (Å²) >= 11 is 0. The first-order valence-electron chi connectivity index (χ1n) is 8.25. The van der Waals surface area contributed by atoms with Crippen LogP contribution < -0.4 is 5.32 Å². The van der Waals surface area contributed by atoms with Gasteiger partial charge in [-0.1, -0.05) is 5.16 Å². The van der Waals surface area contributed by atoms with Gasteiger partial charge in [0.05, 0.1) is 6.54 Å². The normalized spacial score (nSPS) is 15.1. The number of benzene rings is 1. The average Bonchev–Trinajstić information content (AvgIpc) is 3.07. The van der Waals surface area contributed by atoms with Crippen molar-refractivity contribution in [2.75, 3.05) is 13.1 Å². The number of halogens is 2. The van der Waals surface area contributed by atoms with Crippen molar-refractivity contribution in [3.05, 3.63) is 47.1 Å². The molecule has 1 aromatic heterocycles. The van der Waals surface area contributed by atoms with Crippen LogP contribution in [0.2, 0.25) is 0 Å². The predicted octanol–water partition coefficient (Wildman–Crippen LogP) is 1.82. The van der Waals surface area contributed by atoms with Gasteiger partial charge in [-0.25, -0.2) is 8.78 Å². The molecule has 0 spiro atoms. The number of carbonyl (C=O) groups excluding carboxylic acids is 2. The first-order valence-corrected chi connectivity index (χ1v) is 8.25. The lowest BCUT2D eigenvalue weighted by Gasteiger charge is -2.31. The highest BCUT2D eigenvalue weighted by molar-refractivity contribution is 5.94. The number of hydrogen-bond donors (Lipinski definition) is 1. The summed E-state index contributed by atoms with van der Waals surface area (Å²) in [4.78, 5) is 30.1. The number of likely N-dealkylation sites (tertiary alicyclic amines) is 1. The molecule has 1 saturated heterocycles. The quantitative estimate of drug-likeness (QED) is 0.894. The fraction of sp³-hybridized carbons (Fsp3) is 0.412. The minimum Gasteiger partial charge on any atom is -0.347 e. The van der Waals surface area contributed by atoms with Crippen LogP contribution in [0.25, 0.3) is 0 Å². The smallest absolute Gasteiger partial charge is 0.253 e. The van der Waals surface area contributed by atoms with Crippen molar-refractivity contribution in [2.45, 2.75) is 26.3 Å². The molecule has 1 aliphatic heterocycles. The van der Waals surface area contributed by atoms with Gasteiger partial charge >= 0.3 is 0 Å². The van der Waals surface area contributed by atoms with Crippen LogP contribution in [0.4, 0.5) is 8.78 Å². The molecule has 1 N–H and O–H groups in total. The van der Waals surface area contributed by atoms with Crippen molar-refractivity contribution < 1.29 is 22.9 Å². The summed E-state index contributed by atoms with van der Waals surface area (Å²) in [5.74, 6) is -1.95. The molecule has 2 aromatic rings. The van der Waals surface area contributed by atoms with Crippen LogP contribution in [0.3, 0.4) is 0 Å². The van der Waals surface area contributed by atoms with Crippen molar-refractivity contribution in [2.24, 2.45) is 5.92 Å². The summed E-state index contributed by atoms with van der Waals surface area (Å²) in [5.41, 5.74) is 0.0959. The van der Waals surface area contributed by atoms with Crippen LogP contribution >= 0.6 is 0 Å². The van der Waals surface area contributed by atoms with E-state index in [0.29, 0.717) is 37.6 Å². The Morgan fingerprint density at radius 2 is 2.00 bits per heavy atom. The van der Waals surface area contributed by atoms with Crippen LogP contribution in [0.1, 0.15) is 34.9 Å². The Morgan fingerprint density at radius 1 is 1.27 bits per heavy atom. The van der Waals surface area contributed by atoms with Crippen molar-refractivity contribution >= 4 is 11.8 Å². The summed E-state index contributed by atoms with van der Waals surface area (Å²) in [6.07, 6.45) is 0.980. The highest BCUT2D eigenvalue weighted by Gasteiger charge is 2.28. The monoisotopic (exact) mass is 364 g/mol. The molecule has 3 rings (SSSR count). The summed E-state index contributed by atoms with van der Waals surface area (Å²) < 4.78 is 31.2. The average molecular weight is 364 g/mol. The molecule has 0 radical (unpaired) electrons. The van der Waals surface area contributed by atoms with Gasteiger partial charge in [-0.15, -0.1) is 0 Å². The van der Waals surface area contributed by atoms with E-state index in [0.717, 1.165) is 12.1 Å². The third kappa shape index (κ3) is 4.04. The van der Waals surface area contributed by atoms with E-state index in [9.17, 15) is 18.4 Å². The Hall–Kier alpha value is -2.84. The summed E-state index contributed by atoms with van der Waals surface area (Å²) in [7, 11) is 0. The van der Waals surface area contributed by atoms with Crippen LogP contribution in [0, 0.1) is 24.5 Å². The van der Waals surface area contributed by atoms with Crippen LogP contribution in [-0.4, -0.2) is 39.9 Å². The minimum atomic E-state index is -1.05. The number of nitrogens with one attached hydrogen (secondary N) is 1. The van der Waals surface area contributed by atoms with Gasteiger partial charge in [-0.05, 0) is 38.0 Å². The number of piperidine rings is 1. The number of amides is 2. The Balaban J connectivity index is 1.50. The zero-order valence-electron chi connectivity index (χ0n) is 14.2. The fourth-order valence-electron chi connectivity index (χ4n) is 2.88. The number of aryl methyl sites for hydroxylation is 1. The van der Waals surface area contributed by atoms with E-state index in [2.05, 4.69) is 15.5 Å². The van der Waals surface area contributed by atoms with Gasteiger partial charge in [0.25, 0.3) is 5.91 Å². The second-order valence-electron chi connectivity index (χ2n) is 6.15. The zero-order valence-corrected chi connectivity index (χ0v) is 14.2. The Bertz CT molecular complexity index is 816. The lowest BCUT2D eigenvalue weighted by Crippen LogP contribution is -2.43. The molecule has 2 heterocycles. The first-order chi connectivity index (χ1) is 12.4. The van der Waals surface area contributed by atoms with Crippen molar-refractivity contribution in [3.8, 4) is 0 Å². The van der Waals surface area contributed by atoms with Gasteiger partial charge in [-0.3, -0.25) is 9.59 Å². The van der Waals surface area contributed by atoms with E-state index in [1.54, 1.807) is 6.92 Å². The molecular formula is C17H18F2N4O3. The molecular weight excluding hydrogens is 346 g/mol. The molecule has 0 saturated carbocycles. The largest absolute Gasteiger partial charge is 0.347 e. The summed E-state index contributed by atoms with van der Waals surface area (Å²) in [5, 5.41) is 6.39. The number of rotatable bonds is 4. The van der Waals surface area contributed by atoms with E-state index >= 15 is 0 Å². The fourth-order valence-corrected chi connectivity index (χ4v) is 2.88. The molecule has 1 aromatic carbocycles. The molecule has 0 bridgehead atoms. The van der Waals surface area contributed by atoms with Gasteiger partial charge in [0.1, 0.15) is 0 Å². The lowest BCUT2D eigenvalue weighted by molar-refractivity contribution is -0.126. The standard InChI is InChI=1S/C17H18F2N4O3/c1-10-21-15(26-22-10)9-20-16(24)11-4-6-23(7-5-11)17(25)12-2-3-13(18)14(19)8-12/h2-3,8,11H,4-7,9H2,1H3,(H,20,24). The SMILES string of the molecule is Cc1noc(CNC(=O)C2CCN(C(=O)c3ccc(F)c(F)c3)CC2)n1. The predicted molar refractivity (Wildman–Crippen MR) is 85.9 cm³/mol. The van der Waals surface area contributed by atoms with Gasteiger partial charge in [-0.2, -0.15) is 4.98 Å². The van der Waals surface area contributed by atoms with E-state index in [-0.39, 0.29) is 29.8 Å². The van der Waals surface area contributed by atoms with Crippen LogP contribution in [0.5, 0.6) is 0 Å². The molecule has 2 amide bonds. The van der Waals surface area contributed by atoms with Crippen LogP contribution in [-0.2, 0) is 11.3 Å². The number of nitrogens with zero attached hydrogens (tertiary/aromatic N) is 3. The van der Waals surface area contributed by atoms with E-state index < -0.39 is 11.6 Å². The Morgan fingerprint density at radius 3 is 2.62 bits per heavy atom. The molecule has 1 fully saturated rings. The molecule has 138 valence electrons. The van der Waals surface area contributed by atoms with E-state index in [4.69, 9.17) is 4.52 Å². The number of aromatic nitrogens is 2. The molecule has 0 unspecified atom stereocenters. The summed E-state index contributed by atoms with van der Waals surface area (Å²) in [6.45, 7) is 2.59. The van der Waals surface area contributed by atoms with Crippen LogP contribution in [0.15, 0.2) is 22.7 Å². The Labute approximate surface area is 148 Å². The topological polar surface area (TPSA) is 88.3 Å². The van der Waals surface area contributed by atoms with E-state index in [1.807, 2.05) is 0 Å². The van der Waals surface area contributed by atoms with Gasteiger partial charge in [0.2, 0.25) is 11.8 Å². The van der Waals surface area contributed by atoms with Crippen molar-refractivity contribution in [3.63, 3.8) is 0 Å². The number of hydrogen-bond acceptors (Lipinski definition) is 5. The molecule has 26 heavy (non-hydrogen) atoms. The second-order valence-corrected chi connectivity index (χ2v) is 6.15. The summed E-state index contributed by atoms with van der Waals surface area (Å²) in [6, 6.07) is 3.08. The second kappa shape index (κ2) is 7.59. The Kier molecular flexibility index (Phi) is 5.24. The third-order valence-corrected chi connectivity index (χ3v) is 4.30. The molecule has 7 nitrogen and oxygen atoms in total. The van der Waals surface area contributed by atoms with Gasteiger partial charge in [0, 0.05) is 24.6 Å². The third-order valence-electron chi connectivity index (χ3n) is 4.30. The molecule has 0 atom stereocenters. The highest BCUT2D eigenvalue weighted by Crippen LogP contribution is 2.20. The van der Waals surface area contributed by atoms with Crippen molar-refractivity contribution in [1.29, 1.82) is 0 Å². The maximum absolute atomic E-state index is 13.3. The van der Waals surface area contributed by atoms with Gasteiger partial charge < -0.3 is 14.7 Å². The first kappa shape index (κ1) is 18.0. The van der Waals surface area contributed by atoms with E-state index in [1.165, 1.54) is 11.0 Å². The lowest BCUT2D eigenvalue weighted by atomic mass is 9.95. The maximum atomic E-state index is 13.3. The number of carbonyl (C=O) groups is 2.